The van der Waals surface area contributed by atoms with Crippen LogP contribution in [0, 0.1) is 12.3 Å². The van der Waals surface area contributed by atoms with Gasteiger partial charge in [-0.3, -0.25) is 4.79 Å². The molecule has 2 aromatic rings. The fraction of sp³-hybridized carbons (Fsp3) is 0.370. The molecule has 1 atom stereocenters. The largest absolute Gasteiger partial charge is 0.383 e. The van der Waals surface area contributed by atoms with E-state index in [9.17, 15) is 13.2 Å². The maximum atomic E-state index is 13.4. The maximum Gasteiger partial charge on any atom is 0.284 e. The Hall–Kier alpha value is -3.66. The van der Waals surface area contributed by atoms with Gasteiger partial charge in [0.05, 0.1) is 4.90 Å². The van der Waals surface area contributed by atoms with Gasteiger partial charge in [-0.15, -0.1) is 4.40 Å². The number of benzene rings is 2. The third-order valence-electron chi connectivity index (χ3n) is 6.89. The van der Waals surface area contributed by atoms with Crippen molar-refractivity contribution in [1.29, 1.82) is 5.41 Å². The molecule has 10 heteroatoms. The second-order valence-corrected chi connectivity index (χ2v) is 11.0. The number of allylic oxidation sites excluding steroid dienone is 1. The SMILES string of the molecule is Cc1ccc2c(c1)CCCN2[C@H](C)C(=O)N1CCN(c2ccc(S(=O)(=O)N=C(N)/C=C\C=N)cc2)CC1.[HH].[HH]. The van der Waals surface area contributed by atoms with Crippen LogP contribution in [0.15, 0.2) is 63.9 Å². The topological polar surface area (TPSA) is 123 Å². The number of anilines is 2. The minimum Gasteiger partial charge on any atom is -0.383 e. The number of carbonyl (C=O) groups excluding carboxylic acids is 1. The van der Waals surface area contributed by atoms with E-state index >= 15 is 0 Å². The van der Waals surface area contributed by atoms with Crippen LogP contribution in [0.2, 0.25) is 0 Å². The molecular formula is C27H38N6O3S. The van der Waals surface area contributed by atoms with Gasteiger partial charge in [0.1, 0.15) is 11.9 Å². The molecule has 2 heterocycles. The van der Waals surface area contributed by atoms with E-state index in [2.05, 4.69) is 39.3 Å². The number of hydrogen-bond donors (Lipinski definition) is 2. The highest BCUT2D eigenvalue weighted by atomic mass is 32.2. The molecule has 0 bridgehead atoms. The standard InChI is InChI=1S/C27H34N6O3S.2H2/c1-20-7-12-25-22(19-20)5-4-14-33(25)21(2)27(34)32-17-15-31(16-18-32)23-8-10-24(11-9-23)37(35,36)30-26(29)6-3-13-28;;/h3,6-13,19,21,28H,4-5,14-18H2,1-2H3,(H2,29,30);2*1H/b6-3-,28-13?;;/t21-;;/m1../s1. The van der Waals surface area contributed by atoms with Crippen LogP contribution in [0.4, 0.5) is 11.4 Å². The highest BCUT2D eigenvalue weighted by Gasteiger charge is 2.31. The first kappa shape index (κ1) is 26.4. The first-order valence-corrected chi connectivity index (χ1v) is 13.9. The Kier molecular flexibility index (Phi) is 7.97. The number of nitrogens with one attached hydrogen (secondary N) is 1. The molecular weight excluding hydrogens is 488 g/mol. The van der Waals surface area contributed by atoms with Crippen molar-refractivity contribution < 1.29 is 16.1 Å². The van der Waals surface area contributed by atoms with Gasteiger partial charge in [0, 0.05) is 53.2 Å². The Labute approximate surface area is 221 Å². The number of carbonyl (C=O) groups is 1. The van der Waals surface area contributed by atoms with Crippen molar-refractivity contribution in [3.63, 3.8) is 0 Å². The van der Waals surface area contributed by atoms with Crippen molar-refractivity contribution in [3.8, 4) is 0 Å². The van der Waals surface area contributed by atoms with Crippen LogP contribution in [0.25, 0.3) is 0 Å². The molecule has 1 fully saturated rings. The summed E-state index contributed by atoms with van der Waals surface area (Å²) in [4.78, 5) is 19.7. The molecule has 1 amide bonds. The molecule has 4 rings (SSSR count). The lowest BCUT2D eigenvalue weighted by atomic mass is 9.98. The summed E-state index contributed by atoms with van der Waals surface area (Å²) in [5.74, 6) is -0.0483. The molecule has 37 heavy (non-hydrogen) atoms. The fourth-order valence-electron chi connectivity index (χ4n) is 4.94. The van der Waals surface area contributed by atoms with E-state index in [0.717, 1.165) is 31.3 Å². The lowest BCUT2D eigenvalue weighted by Crippen LogP contribution is -2.55. The molecule has 200 valence electrons. The first-order valence-electron chi connectivity index (χ1n) is 12.5. The van der Waals surface area contributed by atoms with Gasteiger partial charge in [0.15, 0.2) is 0 Å². The lowest BCUT2D eigenvalue weighted by Gasteiger charge is -2.41. The Morgan fingerprint density at radius 3 is 2.49 bits per heavy atom. The van der Waals surface area contributed by atoms with Crippen molar-refractivity contribution in [3.05, 3.63) is 65.7 Å². The lowest BCUT2D eigenvalue weighted by molar-refractivity contribution is -0.132. The molecule has 2 aliphatic rings. The number of nitrogens with two attached hydrogens (primary N) is 1. The number of amides is 1. The number of sulfonamides is 1. The number of hydrogen-bond acceptors (Lipinski definition) is 6. The summed E-state index contributed by atoms with van der Waals surface area (Å²) >= 11 is 0. The zero-order valence-corrected chi connectivity index (χ0v) is 22.1. The van der Waals surface area contributed by atoms with Crippen LogP contribution in [0.3, 0.4) is 0 Å². The summed E-state index contributed by atoms with van der Waals surface area (Å²) in [6.45, 7) is 7.53. The Balaban J connectivity index is 0.00000267. The molecule has 0 unspecified atom stereocenters. The van der Waals surface area contributed by atoms with Crippen molar-refractivity contribution in [2.24, 2.45) is 10.1 Å². The number of nitrogens with zero attached hydrogens (tertiary/aromatic N) is 4. The van der Waals surface area contributed by atoms with E-state index in [1.54, 1.807) is 12.1 Å². The van der Waals surface area contributed by atoms with Gasteiger partial charge in [-0.1, -0.05) is 17.7 Å². The third kappa shape index (κ3) is 6.02. The summed E-state index contributed by atoms with van der Waals surface area (Å²) in [7, 11) is -3.94. The first-order chi connectivity index (χ1) is 17.7. The number of rotatable bonds is 7. The van der Waals surface area contributed by atoms with Crippen LogP contribution in [-0.4, -0.2) is 70.0 Å². The van der Waals surface area contributed by atoms with Gasteiger partial charge in [-0.25, -0.2) is 0 Å². The molecule has 1 saturated heterocycles. The summed E-state index contributed by atoms with van der Waals surface area (Å²) < 4.78 is 28.5. The van der Waals surface area contributed by atoms with Crippen LogP contribution in [0.5, 0.6) is 0 Å². The average molecular weight is 527 g/mol. The Bertz CT molecular complexity index is 1320. The van der Waals surface area contributed by atoms with Crippen LogP contribution >= 0.6 is 0 Å². The minimum atomic E-state index is -3.94. The molecule has 3 N–H and O–H groups in total. The van der Waals surface area contributed by atoms with Crippen molar-refractivity contribution >= 4 is 39.4 Å². The van der Waals surface area contributed by atoms with Gasteiger partial charge < -0.3 is 25.8 Å². The zero-order chi connectivity index (χ0) is 26.6. The number of amidine groups is 1. The van der Waals surface area contributed by atoms with Crippen molar-refractivity contribution in [1.82, 2.24) is 4.90 Å². The Morgan fingerprint density at radius 2 is 1.81 bits per heavy atom. The number of piperazine rings is 1. The molecule has 0 spiro atoms. The molecule has 2 aliphatic heterocycles. The molecule has 9 nitrogen and oxygen atoms in total. The molecule has 0 radical (unpaired) electrons. The molecule has 2 aromatic carbocycles. The fourth-order valence-corrected chi connectivity index (χ4v) is 5.86. The van der Waals surface area contributed by atoms with Crippen LogP contribution in [0.1, 0.15) is 27.3 Å². The molecule has 0 saturated carbocycles. The van der Waals surface area contributed by atoms with Gasteiger partial charge in [-0.05, 0) is 74.7 Å². The van der Waals surface area contributed by atoms with E-state index in [0.29, 0.717) is 26.2 Å². The maximum absolute atomic E-state index is 13.4. The monoisotopic (exact) mass is 526 g/mol. The summed E-state index contributed by atoms with van der Waals surface area (Å²) in [6.07, 6.45) is 5.65. The highest BCUT2D eigenvalue weighted by molar-refractivity contribution is 7.90. The van der Waals surface area contributed by atoms with Crippen LogP contribution < -0.4 is 15.5 Å². The minimum absolute atomic E-state index is 0. The normalized spacial score (nSPS) is 17.6. The van der Waals surface area contributed by atoms with E-state index < -0.39 is 10.0 Å². The summed E-state index contributed by atoms with van der Waals surface area (Å²) in [5, 5.41) is 6.95. The van der Waals surface area contributed by atoms with Gasteiger partial charge in [-0.2, -0.15) is 8.42 Å². The molecule has 0 aromatic heterocycles. The van der Waals surface area contributed by atoms with E-state index in [4.69, 9.17) is 11.1 Å². The van der Waals surface area contributed by atoms with Gasteiger partial charge >= 0.3 is 0 Å². The highest BCUT2D eigenvalue weighted by Crippen LogP contribution is 2.30. The van der Waals surface area contributed by atoms with Crippen molar-refractivity contribution in [2.75, 3.05) is 42.5 Å². The second-order valence-electron chi connectivity index (χ2n) is 9.43. The van der Waals surface area contributed by atoms with Crippen LogP contribution in [-0.2, 0) is 21.2 Å². The van der Waals surface area contributed by atoms with E-state index in [-0.39, 0.29) is 25.5 Å². The predicted molar refractivity (Wildman–Crippen MR) is 153 cm³/mol. The average Bonchev–Trinajstić information content (AvgIpc) is 2.90. The second kappa shape index (κ2) is 11.2. The smallest absolute Gasteiger partial charge is 0.284 e. The zero-order valence-electron chi connectivity index (χ0n) is 21.3. The van der Waals surface area contributed by atoms with E-state index in [1.165, 1.54) is 41.1 Å². The number of aryl methyl sites for hydroxylation is 2. The summed E-state index contributed by atoms with van der Waals surface area (Å²) in [5.41, 5.74) is 10.2. The van der Waals surface area contributed by atoms with E-state index in [1.807, 2.05) is 11.8 Å². The molecule has 0 aliphatic carbocycles. The van der Waals surface area contributed by atoms with Crippen molar-refractivity contribution in [2.45, 2.75) is 37.6 Å². The quantitative estimate of drug-likeness (QED) is 0.422. The number of fused-ring (bicyclic) bond motifs is 1. The predicted octanol–water partition coefficient (Wildman–Crippen LogP) is 3.23. The van der Waals surface area contributed by atoms with Gasteiger partial charge in [0.25, 0.3) is 10.0 Å². The summed E-state index contributed by atoms with van der Waals surface area (Å²) in [6, 6.07) is 12.8. The Morgan fingerprint density at radius 1 is 1.11 bits per heavy atom. The third-order valence-corrected chi connectivity index (χ3v) is 8.21. The van der Waals surface area contributed by atoms with Gasteiger partial charge in [0.2, 0.25) is 5.91 Å².